The van der Waals surface area contributed by atoms with E-state index in [0.29, 0.717) is 19.5 Å². The molecule has 0 unspecified atom stereocenters. The van der Waals surface area contributed by atoms with E-state index in [1.165, 1.54) is 7.11 Å². The van der Waals surface area contributed by atoms with Gasteiger partial charge in [0.2, 0.25) is 0 Å². The van der Waals surface area contributed by atoms with Gasteiger partial charge in [0, 0.05) is 20.2 Å². The molecule has 3 aromatic carbocycles. The van der Waals surface area contributed by atoms with Crippen LogP contribution in [0, 0.1) is 0 Å². The largest absolute Gasteiger partial charge is 0.468 e. The van der Waals surface area contributed by atoms with Crippen LogP contribution in [0.2, 0.25) is 0 Å². The second-order valence-electron chi connectivity index (χ2n) is 7.31. The zero-order valence-corrected chi connectivity index (χ0v) is 18.1. The topological polar surface area (TPSA) is 48.0 Å². The number of carbonyl (C=O) groups excluding carboxylic acids is 1. The molecule has 0 aliphatic carbocycles. The highest BCUT2D eigenvalue weighted by Gasteiger charge is 2.27. The molecule has 0 aliphatic rings. The first-order valence-corrected chi connectivity index (χ1v) is 10.3. The van der Waals surface area contributed by atoms with Crippen LogP contribution < -0.4 is 4.74 Å². The lowest BCUT2D eigenvalue weighted by atomic mass is 10.0. The Kier molecular flexibility index (Phi) is 8.64. The Hall–Kier alpha value is -3.15. The Morgan fingerprint density at radius 3 is 1.81 bits per heavy atom. The summed E-state index contributed by atoms with van der Waals surface area (Å²) in [7, 11) is 3.03. The van der Waals surface area contributed by atoms with Gasteiger partial charge in [0.15, 0.2) is 6.79 Å². The molecule has 162 valence electrons. The van der Waals surface area contributed by atoms with Gasteiger partial charge in [-0.15, -0.1) is 0 Å². The second kappa shape index (κ2) is 11.9. The maximum absolute atomic E-state index is 12.8. The molecular weight excluding hydrogens is 390 g/mol. The average Bonchev–Trinajstić information content (AvgIpc) is 2.82. The van der Waals surface area contributed by atoms with E-state index in [-0.39, 0.29) is 12.8 Å². The molecule has 0 spiro atoms. The number of ether oxygens (including phenoxy) is 3. The fourth-order valence-electron chi connectivity index (χ4n) is 3.48. The van der Waals surface area contributed by atoms with Gasteiger partial charge in [-0.3, -0.25) is 9.69 Å². The third-order valence-corrected chi connectivity index (χ3v) is 5.07. The summed E-state index contributed by atoms with van der Waals surface area (Å²) in [5, 5.41) is 0. The van der Waals surface area contributed by atoms with E-state index in [1.54, 1.807) is 7.11 Å². The summed E-state index contributed by atoms with van der Waals surface area (Å²) in [5.74, 6) is 0.484. The number of hydrogen-bond donors (Lipinski definition) is 0. The van der Waals surface area contributed by atoms with Crippen LogP contribution in [0.4, 0.5) is 0 Å². The van der Waals surface area contributed by atoms with Gasteiger partial charge < -0.3 is 14.2 Å². The molecular formula is C26H29NO4. The molecule has 5 nitrogen and oxygen atoms in total. The van der Waals surface area contributed by atoms with Gasteiger partial charge in [-0.25, -0.2) is 0 Å². The number of rotatable bonds is 11. The first-order chi connectivity index (χ1) is 15.2. The SMILES string of the molecule is COCOc1ccc(C[C@@H](C(=O)OC)N(Cc2ccccc2)Cc2ccccc2)cc1. The first-order valence-electron chi connectivity index (χ1n) is 10.3. The van der Waals surface area contributed by atoms with Crippen LogP contribution in [-0.4, -0.2) is 37.9 Å². The van der Waals surface area contributed by atoms with Gasteiger partial charge in [0.05, 0.1) is 7.11 Å². The highest BCUT2D eigenvalue weighted by atomic mass is 16.7. The van der Waals surface area contributed by atoms with E-state index < -0.39 is 6.04 Å². The number of hydrogen-bond acceptors (Lipinski definition) is 5. The lowest BCUT2D eigenvalue weighted by Crippen LogP contribution is -2.42. The van der Waals surface area contributed by atoms with Crippen LogP contribution in [0.1, 0.15) is 16.7 Å². The van der Waals surface area contributed by atoms with E-state index in [4.69, 9.17) is 14.2 Å². The fourth-order valence-corrected chi connectivity index (χ4v) is 3.48. The predicted octanol–water partition coefficient (Wildman–Crippen LogP) is 4.46. The summed E-state index contributed by atoms with van der Waals surface area (Å²) in [6, 6.07) is 27.7. The van der Waals surface area contributed by atoms with Crippen molar-refractivity contribution in [2.75, 3.05) is 21.0 Å². The van der Waals surface area contributed by atoms with Gasteiger partial charge in [-0.2, -0.15) is 0 Å². The van der Waals surface area contributed by atoms with Crippen molar-refractivity contribution < 1.29 is 19.0 Å². The van der Waals surface area contributed by atoms with E-state index >= 15 is 0 Å². The molecule has 0 radical (unpaired) electrons. The number of nitrogens with zero attached hydrogens (tertiary/aromatic N) is 1. The van der Waals surface area contributed by atoms with Crippen LogP contribution in [0.15, 0.2) is 84.9 Å². The maximum atomic E-state index is 12.8. The minimum Gasteiger partial charge on any atom is -0.468 e. The predicted molar refractivity (Wildman–Crippen MR) is 121 cm³/mol. The van der Waals surface area contributed by atoms with Crippen LogP contribution in [0.3, 0.4) is 0 Å². The first kappa shape index (κ1) is 22.5. The zero-order chi connectivity index (χ0) is 21.9. The molecule has 0 aliphatic heterocycles. The van der Waals surface area contributed by atoms with Crippen LogP contribution in [-0.2, 0) is 33.8 Å². The van der Waals surface area contributed by atoms with Gasteiger partial charge >= 0.3 is 5.97 Å². The van der Waals surface area contributed by atoms with Crippen molar-refractivity contribution in [2.45, 2.75) is 25.6 Å². The molecule has 0 N–H and O–H groups in total. The molecule has 31 heavy (non-hydrogen) atoms. The summed E-state index contributed by atoms with van der Waals surface area (Å²) >= 11 is 0. The molecule has 5 heteroatoms. The second-order valence-corrected chi connectivity index (χ2v) is 7.31. The Balaban J connectivity index is 1.83. The number of carbonyl (C=O) groups is 1. The van der Waals surface area contributed by atoms with Crippen molar-refractivity contribution in [3.05, 3.63) is 102 Å². The molecule has 0 heterocycles. The summed E-state index contributed by atoms with van der Waals surface area (Å²) in [6.45, 7) is 1.49. The van der Waals surface area contributed by atoms with E-state index in [9.17, 15) is 4.79 Å². The molecule has 0 amide bonds. The van der Waals surface area contributed by atoms with Crippen molar-refractivity contribution in [1.82, 2.24) is 4.90 Å². The average molecular weight is 420 g/mol. The monoisotopic (exact) mass is 419 g/mol. The van der Waals surface area contributed by atoms with Crippen LogP contribution >= 0.6 is 0 Å². The normalized spacial score (nSPS) is 11.8. The van der Waals surface area contributed by atoms with E-state index in [0.717, 1.165) is 22.4 Å². The standard InChI is InChI=1S/C26H29NO4/c1-29-20-31-24-15-13-21(14-16-24)17-25(26(28)30-2)27(18-22-9-5-3-6-10-22)19-23-11-7-4-8-12-23/h3-16,25H,17-20H2,1-2H3/t25-/m0/s1. The van der Waals surface area contributed by atoms with Gasteiger partial charge in [0.25, 0.3) is 0 Å². The maximum Gasteiger partial charge on any atom is 0.323 e. The Morgan fingerprint density at radius 1 is 0.774 bits per heavy atom. The van der Waals surface area contributed by atoms with Crippen molar-refractivity contribution in [1.29, 1.82) is 0 Å². The van der Waals surface area contributed by atoms with Crippen molar-refractivity contribution in [2.24, 2.45) is 0 Å². The minimum absolute atomic E-state index is 0.200. The van der Waals surface area contributed by atoms with Crippen molar-refractivity contribution in [3.63, 3.8) is 0 Å². The third-order valence-electron chi connectivity index (χ3n) is 5.07. The highest BCUT2D eigenvalue weighted by Crippen LogP contribution is 2.20. The Morgan fingerprint density at radius 2 is 1.32 bits per heavy atom. The molecule has 3 aromatic rings. The summed E-state index contributed by atoms with van der Waals surface area (Å²) in [6.07, 6.45) is 0.539. The number of methoxy groups -OCH3 is 2. The van der Waals surface area contributed by atoms with Crippen molar-refractivity contribution >= 4 is 5.97 Å². The summed E-state index contributed by atoms with van der Waals surface area (Å²) in [5.41, 5.74) is 3.33. The molecule has 0 saturated carbocycles. The smallest absolute Gasteiger partial charge is 0.323 e. The molecule has 3 rings (SSSR count). The van der Waals surface area contributed by atoms with E-state index in [2.05, 4.69) is 29.2 Å². The minimum atomic E-state index is -0.420. The van der Waals surface area contributed by atoms with Crippen LogP contribution in [0.25, 0.3) is 0 Å². The van der Waals surface area contributed by atoms with Gasteiger partial charge in [0.1, 0.15) is 11.8 Å². The quantitative estimate of drug-likeness (QED) is 0.339. The fraction of sp³-hybridized carbons (Fsp3) is 0.269. The Bertz CT molecular complexity index is 872. The summed E-state index contributed by atoms with van der Waals surface area (Å²) in [4.78, 5) is 15.0. The lowest BCUT2D eigenvalue weighted by Gasteiger charge is -2.30. The number of esters is 1. The molecule has 0 bridgehead atoms. The highest BCUT2D eigenvalue weighted by molar-refractivity contribution is 5.76. The Labute approximate surface area is 184 Å². The lowest BCUT2D eigenvalue weighted by molar-refractivity contribution is -0.147. The zero-order valence-electron chi connectivity index (χ0n) is 18.1. The van der Waals surface area contributed by atoms with Gasteiger partial charge in [-0.05, 0) is 35.2 Å². The number of benzene rings is 3. The molecule has 0 aromatic heterocycles. The van der Waals surface area contributed by atoms with Crippen LogP contribution in [0.5, 0.6) is 5.75 Å². The van der Waals surface area contributed by atoms with Gasteiger partial charge in [-0.1, -0.05) is 72.8 Å². The third kappa shape index (κ3) is 6.95. The molecule has 1 atom stereocenters. The van der Waals surface area contributed by atoms with Crippen molar-refractivity contribution in [3.8, 4) is 5.75 Å². The summed E-state index contributed by atoms with van der Waals surface area (Å²) < 4.78 is 15.6. The molecule has 0 fully saturated rings. The van der Waals surface area contributed by atoms with E-state index in [1.807, 2.05) is 60.7 Å². The molecule has 0 saturated heterocycles.